The summed E-state index contributed by atoms with van der Waals surface area (Å²) in [4.78, 5) is 0. The molecule has 24 heavy (non-hydrogen) atoms. The van der Waals surface area contributed by atoms with E-state index in [1.54, 1.807) is 22.9 Å². The predicted molar refractivity (Wildman–Crippen MR) is 78.0 cm³/mol. The average Bonchev–Trinajstić information content (AvgIpc) is 2.39. The third kappa shape index (κ3) is 7.00. The smallest absolute Gasteiger partial charge is 0.731 e. The molecule has 0 unspecified atom stereocenters. The second-order valence-corrected chi connectivity index (χ2v) is 6.49. The number of anilines is 3. The molecule has 0 amide bonds. The van der Waals surface area contributed by atoms with Gasteiger partial charge in [0.2, 0.25) is 0 Å². The van der Waals surface area contributed by atoms with Crippen LogP contribution in [0.3, 0.4) is 0 Å². The molecule has 0 aliphatic carbocycles. The van der Waals surface area contributed by atoms with Crippen molar-refractivity contribution >= 4 is 37.7 Å². The summed E-state index contributed by atoms with van der Waals surface area (Å²) < 4.78 is 68.4. The van der Waals surface area contributed by atoms with Crippen LogP contribution in [-0.4, -0.2) is 25.9 Å². The zero-order chi connectivity index (χ0) is 16.4. The largest absolute Gasteiger partial charge is 1.00 e. The van der Waals surface area contributed by atoms with Gasteiger partial charge in [0.05, 0.1) is 11.4 Å². The normalized spacial score (nSPS) is 10.9. The topological polar surface area (TPSA) is 130 Å². The van der Waals surface area contributed by atoms with Crippen molar-refractivity contribution in [3.8, 4) is 0 Å². The number of nitrogens with one attached hydrogen (secondary N) is 1. The Morgan fingerprint density at radius 1 is 0.750 bits per heavy atom. The molecule has 8 nitrogen and oxygen atoms in total. The van der Waals surface area contributed by atoms with Gasteiger partial charge in [0, 0.05) is 5.69 Å². The van der Waals surface area contributed by atoms with Crippen molar-refractivity contribution in [1.82, 2.24) is 0 Å². The molecule has 0 spiro atoms. The minimum atomic E-state index is -4.84. The number of nitrogens with zero attached hydrogens (tertiary/aromatic N) is 1. The van der Waals surface area contributed by atoms with Crippen LogP contribution in [0.25, 0.3) is 0 Å². The van der Waals surface area contributed by atoms with E-state index in [4.69, 9.17) is 0 Å². The van der Waals surface area contributed by atoms with E-state index in [1.165, 1.54) is 36.4 Å². The maximum atomic E-state index is 11.5. The number of para-hydroxylation sites is 1. The first-order valence-corrected chi connectivity index (χ1v) is 8.59. The molecule has 0 aromatic heterocycles. The van der Waals surface area contributed by atoms with E-state index in [0.29, 0.717) is 4.31 Å². The van der Waals surface area contributed by atoms with Crippen molar-refractivity contribution in [2.24, 2.45) is 0 Å². The van der Waals surface area contributed by atoms with Crippen LogP contribution in [0.5, 0.6) is 0 Å². The van der Waals surface area contributed by atoms with Crippen LogP contribution < -0.4 is 68.1 Å². The summed E-state index contributed by atoms with van der Waals surface area (Å²) in [5, 5.41) is 0. The Morgan fingerprint density at radius 3 is 1.62 bits per heavy atom. The molecule has 1 N–H and O–H groups in total. The van der Waals surface area contributed by atoms with Crippen LogP contribution in [0.15, 0.2) is 54.6 Å². The van der Waals surface area contributed by atoms with Crippen LogP contribution in [0.4, 0.5) is 17.1 Å². The molecule has 0 saturated carbocycles. The summed E-state index contributed by atoms with van der Waals surface area (Å²) in [6.07, 6.45) is 0. The molecule has 2 aromatic carbocycles. The molecular weight excluding hydrogens is 378 g/mol. The van der Waals surface area contributed by atoms with Crippen LogP contribution in [0.1, 0.15) is 0 Å². The van der Waals surface area contributed by atoms with Gasteiger partial charge in [0.1, 0.15) is 0 Å². The predicted octanol–water partition coefficient (Wildman–Crippen LogP) is -4.83. The van der Waals surface area contributed by atoms with E-state index in [2.05, 4.69) is 0 Å². The van der Waals surface area contributed by atoms with Gasteiger partial charge in [-0.15, -0.1) is 0 Å². The van der Waals surface area contributed by atoms with Gasteiger partial charge in [0.15, 0.2) is 20.6 Å². The van der Waals surface area contributed by atoms with E-state index in [9.17, 15) is 25.9 Å². The third-order valence-corrected chi connectivity index (χ3v) is 3.91. The van der Waals surface area contributed by atoms with E-state index in [-0.39, 0.29) is 76.2 Å². The molecule has 0 saturated heterocycles. The van der Waals surface area contributed by atoms with Gasteiger partial charge in [-0.05, 0) is 36.4 Å². The molecule has 0 fully saturated rings. The molecular formula is C12H10N2Na2O6S2. The Morgan fingerprint density at radius 2 is 1.21 bits per heavy atom. The fourth-order valence-corrected chi connectivity index (χ4v) is 2.96. The second-order valence-electron chi connectivity index (χ2n) is 4.16. The third-order valence-electron chi connectivity index (χ3n) is 2.56. The zero-order valence-corrected chi connectivity index (χ0v) is 18.5. The zero-order valence-electron chi connectivity index (χ0n) is 12.9. The Hall–Kier alpha value is -0.140. The average molecular weight is 388 g/mol. The Bertz CT molecular complexity index is 858. The van der Waals surface area contributed by atoms with Crippen LogP contribution in [0.2, 0.25) is 0 Å². The monoisotopic (exact) mass is 388 g/mol. The summed E-state index contributed by atoms with van der Waals surface area (Å²) in [6.45, 7) is 0. The molecule has 118 valence electrons. The molecule has 0 heterocycles. The van der Waals surface area contributed by atoms with Gasteiger partial charge in [0.25, 0.3) is 0 Å². The van der Waals surface area contributed by atoms with Crippen molar-refractivity contribution in [1.29, 1.82) is 0 Å². The van der Waals surface area contributed by atoms with Gasteiger partial charge < -0.3 is 9.11 Å². The van der Waals surface area contributed by atoms with Gasteiger partial charge >= 0.3 is 59.1 Å². The van der Waals surface area contributed by atoms with E-state index < -0.39 is 20.6 Å². The first-order valence-electron chi connectivity index (χ1n) is 5.82. The summed E-state index contributed by atoms with van der Waals surface area (Å²) in [5.41, 5.74) is 0.0970. The quantitative estimate of drug-likeness (QED) is 0.404. The van der Waals surface area contributed by atoms with Crippen molar-refractivity contribution in [3.63, 3.8) is 0 Å². The second kappa shape index (κ2) is 9.53. The molecule has 0 aliphatic heterocycles. The molecule has 12 heteroatoms. The van der Waals surface area contributed by atoms with E-state index >= 15 is 0 Å². The molecule has 0 radical (unpaired) electrons. The molecule has 0 aliphatic rings. The molecule has 2 aromatic rings. The standard InChI is InChI=1S/C12H12N2O6S2.2Na/c15-21(16,17)13-10-6-8-12(9-7-10)14(22(18,19)20)11-4-2-1-3-5-11;;/h1-9,13H,(H,15,16,17)(H,18,19,20);;/q;2*+1/p-2. The molecule has 0 atom stereocenters. The SMILES string of the molecule is O=S(=O)([O-])Nc1ccc(N(c2ccccc2)S(=O)(=O)[O-])cc1.[Na+].[Na+]. The van der Waals surface area contributed by atoms with Crippen molar-refractivity contribution in [2.45, 2.75) is 0 Å². The number of rotatable bonds is 5. The maximum absolute atomic E-state index is 11.5. The minimum absolute atomic E-state index is 0. The summed E-state index contributed by atoms with van der Waals surface area (Å²) in [7, 11) is -9.52. The molecule has 2 rings (SSSR count). The summed E-state index contributed by atoms with van der Waals surface area (Å²) >= 11 is 0. The van der Waals surface area contributed by atoms with Crippen LogP contribution in [-0.2, 0) is 20.6 Å². The van der Waals surface area contributed by atoms with Crippen LogP contribution in [0, 0.1) is 0 Å². The van der Waals surface area contributed by atoms with E-state index in [0.717, 1.165) is 0 Å². The minimum Gasteiger partial charge on any atom is -0.731 e. The summed E-state index contributed by atoms with van der Waals surface area (Å²) in [5.74, 6) is 0. The Kier molecular flexibility index (Phi) is 9.47. The fraction of sp³-hybridized carbons (Fsp3) is 0. The van der Waals surface area contributed by atoms with Crippen LogP contribution >= 0.6 is 0 Å². The van der Waals surface area contributed by atoms with Crippen molar-refractivity contribution in [3.05, 3.63) is 54.6 Å². The van der Waals surface area contributed by atoms with Gasteiger partial charge in [-0.1, -0.05) is 18.2 Å². The summed E-state index contributed by atoms with van der Waals surface area (Å²) in [6, 6.07) is 12.4. The van der Waals surface area contributed by atoms with Crippen molar-refractivity contribution < 1.29 is 85.1 Å². The number of hydrogen-bond acceptors (Lipinski definition) is 6. The fourth-order valence-electron chi connectivity index (χ4n) is 1.78. The Balaban J connectivity index is 0.00000264. The van der Waals surface area contributed by atoms with Gasteiger partial charge in [-0.25, -0.2) is 21.1 Å². The number of hydrogen-bond donors (Lipinski definition) is 1. The maximum Gasteiger partial charge on any atom is 1.00 e. The Labute approximate surface area is 184 Å². The van der Waals surface area contributed by atoms with Gasteiger partial charge in [-0.2, -0.15) is 0 Å². The van der Waals surface area contributed by atoms with E-state index in [1.807, 2.05) is 0 Å². The first-order chi connectivity index (χ1) is 10.2. The van der Waals surface area contributed by atoms with Crippen molar-refractivity contribution in [2.75, 3.05) is 9.03 Å². The van der Waals surface area contributed by atoms with Gasteiger partial charge in [-0.3, -0.25) is 4.72 Å². The molecule has 0 bridgehead atoms. The number of benzene rings is 2. The first kappa shape index (κ1) is 23.9.